The lowest BCUT2D eigenvalue weighted by Crippen LogP contribution is -2.25. The molecule has 9 aromatic rings. The van der Waals surface area contributed by atoms with E-state index in [0.717, 1.165) is 6.42 Å². The van der Waals surface area contributed by atoms with Gasteiger partial charge in [-0.25, -0.2) is 0 Å². The molecule has 2 aliphatic rings. The molecule has 0 nitrogen and oxygen atoms in total. The van der Waals surface area contributed by atoms with Crippen molar-refractivity contribution in [3.05, 3.63) is 221 Å². The van der Waals surface area contributed by atoms with Crippen LogP contribution in [0, 0.1) is 0 Å². The monoisotopic (exact) mass is 658 g/mol. The number of hydrogen-bond donors (Lipinski definition) is 0. The summed E-state index contributed by atoms with van der Waals surface area (Å²) in [4.78, 5) is 0. The highest BCUT2D eigenvalue weighted by molar-refractivity contribution is 6.25. The van der Waals surface area contributed by atoms with Crippen LogP contribution in [-0.4, -0.2) is 0 Å². The Kier molecular flexibility index (Phi) is 6.33. The third-order valence-corrected chi connectivity index (χ3v) is 11.7. The van der Waals surface area contributed by atoms with Crippen LogP contribution in [0.3, 0.4) is 0 Å². The number of benzene rings is 9. The van der Waals surface area contributed by atoms with Gasteiger partial charge in [0, 0.05) is 0 Å². The Balaban J connectivity index is 1.07. The fourth-order valence-electron chi connectivity index (χ4n) is 9.65. The molecule has 1 spiro atoms. The van der Waals surface area contributed by atoms with E-state index in [1.165, 1.54) is 99.1 Å². The summed E-state index contributed by atoms with van der Waals surface area (Å²) >= 11 is 0. The van der Waals surface area contributed by atoms with Gasteiger partial charge in [0.2, 0.25) is 0 Å². The normalized spacial score (nSPS) is 13.5. The molecule has 11 rings (SSSR count). The van der Waals surface area contributed by atoms with Crippen molar-refractivity contribution in [3.63, 3.8) is 0 Å². The average Bonchev–Trinajstić information content (AvgIpc) is 3.68. The SMILES string of the molecule is C(=C\c1c2ccccc2c(-c2ccccc2)c2c1ccc1ccccc12)/Cc1ccc2c(c1)-c1ccccc1C21c2ccccc2-c2ccccc21. The van der Waals surface area contributed by atoms with Crippen molar-refractivity contribution in [1.82, 2.24) is 0 Å². The van der Waals surface area contributed by atoms with Gasteiger partial charge in [0.05, 0.1) is 5.41 Å². The van der Waals surface area contributed by atoms with Crippen molar-refractivity contribution in [2.75, 3.05) is 0 Å². The van der Waals surface area contributed by atoms with Crippen molar-refractivity contribution in [3.8, 4) is 33.4 Å². The standard InChI is InChI=1S/C52H34/c1-2-17-36(18-3-1)50-43-24-7-6-20-38(43)39(44-31-30-35-16-4-5-19-37(35)51(44)50)25-14-15-34-29-32-49-45(33-34)42-23-10-13-28-48(42)52(49)46-26-11-8-21-40(46)41-22-9-12-27-47(41)52/h1-14,16-33H,15H2/b25-14+. The largest absolute Gasteiger partial charge is 0.0795 e. The van der Waals surface area contributed by atoms with Crippen LogP contribution in [0.2, 0.25) is 0 Å². The van der Waals surface area contributed by atoms with Crippen molar-refractivity contribution in [1.29, 1.82) is 0 Å². The summed E-state index contributed by atoms with van der Waals surface area (Å²) in [5, 5.41) is 7.73. The van der Waals surface area contributed by atoms with Crippen LogP contribution in [0.5, 0.6) is 0 Å². The summed E-state index contributed by atoms with van der Waals surface area (Å²) in [6.45, 7) is 0. The second-order valence-electron chi connectivity index (χ2n) is 14.3. The average molecular weight is 659 g/mol. The van der Waals surface area contributed by atoms with E-state index in [0.29, 0.717) is 0 Å². The van der Waals surface area contributed by atoms with Gasteiger partial charge in [-0.05, 0) is 105 Å². The number of fused-ring (bicyclic) bond motifs is 14. The minimum Gasteiger partial charge on any atom is -0.0795 e. The van der Waals surface area contributed by atoms with Gasteiger partial charge >= 0.3 is 0 Å². The molecule has 2 aliphatic carbocycles. The van der Waals surface area contributed by atoms with Gasteiger partial charge in [-0.15, -0.1) is 0 Å². The zero-order valence-corrected chi connectivity index (χ0v) is 28.7. The predicted octanol–water partition coefficient (Wildman–Crippen LogP) is 13.4. The van der Waals surface area contributed by atoms with Crippen molar-refractivity contribution in [2.45, 2.75) is 11.8 Å². The fourth-order valence-corrected chi connectivity index (χ4v) is 9.65. The highest BCUT2D eigenvalue weighted by Crippen LogP contribution is 2.62. The Labute approximate surface area is 304 Å². The second kappa shape index (κ2) is 11.3. The van der Waals surface area contributed by atoms with E-state index in [1.54, 1.807) is 0 Å². The molecule has 0 N–H and O–H groups in total. The van der Waals surface area contributed by atoms with Crippen LogP contribution in [0.1, 0.15) is 33.4 Å². The van der Waals surface area contributed by atoms with E-state index in [9.17, 15) is 0 Å². The van der Waals surface area contributed by atoms with E-state index in [1.807, 2.05) is 0 Å². The topological polar surface area (TPSA) is 0 Å². The molecule has 0 unspecified atom stereocenters. The van der Waals surface area contributed by atoms with Gasteiger partial charge in [-0.1, -0.05) is 194 Å². The molecular weight excluding hydrogens is 625 g/mol. The van der Waals surface area contributed by atoms with Gasteiger partial charge in [0.15, 0.2) is 0 Å². The zero-order chi connectivity index (χ0) is 34.2. The first-order valence-electron chi connectivity index (χ1n) is 18.3. The molecule has 0 amide bonds. The van der Waals surface area contributed by atoms with Gasteiger partial charge in [0.1, 0.15) is 0 Å². The quantitative estimate of drug-likeness (QED) is 0.130. The molecule has 52 heavy (non-hydrogen) atoms. The molecule has 242 valence electrons. The summed E-state index contributed by atoms with van der Waals surface area (Å²) in [5.41, 5.74) is 15.8. The summed E-state index contributed by atoms with van der Waals surface area (Å²) in [7, 11) is 0. The van der Waals surface area contributed by atoms with Gasteiger partial charge in [-0.2, -0.15) is 0 Å². The Morgan fingerprint density at radius 3 is 1.67 bits per heavy atom. The molecule has 0 heterocycles. The van der Waals surface area contributed by atoms with Gasteiger partial charge in [-0.3, -0.25) is 0 Å². The Morgan fingerprint density at radius 1 is 0.404 bits per heavy atom. The number of allylic oxidation sites excluding steroid dienone is 1. The molecule has 0 radical (unpaired) electrons. The Hall–Kier alpha value is -6.50. The molecule has 0 saturated carbocycles. The third kappa shape index (κ3) is 3.98. The summed E-state index contributed by atoms with van der Waals surface area (Å²) < 4.78 is 0. The van der Waals surface area contributed by atoms with E-state index in [2.05, 4.69) is 194 Å². The first-order chi connectivity index (χ1) is 25.8. The lowest BCUT2D eigenvalue weighted by molar-refractivity contribution is 0.793. The molecule has 0 aromatic heterocycles. The maximum absolute atomic E-state index is 2.46. The van der Waals surface area contributed by atoms with Crippen molar-refractivity contribution < 1.29 is 0 Å². The van der Waals surface area contributed by atoms with E-state index in [-0.39, 0.29) is 5.41 Å². The molecule has 0 bridgehead atoms. The van der Waals surface area contributed by atoms with Gasteiger partial charge < -0.3 is 0 Å². The van der Waals surface area contributed by atoms with Crippen LogP contribution < -0.4 is 0 Å². The lowest BCUT2D eigenvalue weighted by Gasteiger charge is -2.30. The van der Waals surface area contributed by atoms with Crippen LogP contribution in [0.25, 0.3) is 71.8 Å². The van der Waals surface area contributed by atoms with Crippen LogP contribution in [-0.2, 0) is 11.8 Å². The first-order valence-corrected chi connectivity index (χ1v) is 18.3. The molecule has 0 saturated heterocycles. The maximum Gasteiger partial charge on any atom is 0.0725 e. The lowest BCUT2D eigenvalue weighted by atomic mass is 9.70. The number of hydrogen-bond acceptors (Lipinski definition) is 0. The van der Waals surface area contributed by atoms with E-state index >= 15 is 0 Å². The zero-order valence-electron chi connectivity index (χ0n) is 28.7. The van der Waals surface area contributed by atoms with Gasteiger partial charge in [0.25, 0.3) is 0 Å². The van der Waals surface area contributed by atoms with Crippen LogP contribution in [0.4, 0.5) is 0 Å². The second-order valence-corrected chi connectivity index (χ2v) is 14.3. The Bertz CT molecular complexity index is 2880. The Morgan fingerprint density at radius 2 is 0.962 bits per heavy atom. The van der Waals surface area contributed by atoms with E-state index < -0.39 is 0 Å². The molecule has 0 atom stereocenters. The summed E-state index contributed by atoms with van der Waals surface area (Å²) in [6, 6.07) is 67.6. The first kappa shape index (κ1) is 29.3. The molecule has 9 aromatic carbocycles. The highest BCUT2D eigenvalue weighted by atomic mass is 14.5. The third-order valence-electron chi connectivity index (χ3n) is 11.7. The minimum absolute atomic E-state index is 0.297. The molecule has 0 heteroatoms. The fraction of sp³-hybridized carbons (Fsp3) is 0.0385. The van der Waals surface area contributed by atoms with Crippen LogP contribution in [0.15, 0.2) is 188 Å². The smallest absolute Gasteiger partial charge is 0.0725 e. The molecular formula is C52H34. The summed E-state index contributed by atoms with van der Waals surface area (Å²) in [6.07, 6.45) is 5.59. The van der Waals surface area contributed by atoms with Crippen molar-refractivity contribution in [2.24, 2.45) is 0 Å². The molecule has 0 aliphatic heterocycles. The number of rotatable bonds is 4. The predicted molar refractivity (Wildman–Crippen MR) is 220 cm³/mol. The molecule has 0 fully saturated rings. The highest BCUT2D eigenvalue weighted by Gasteiger charge is 2.51. The van der Waals surface area contributed by atoms with Crippen LogP contribution >= 0.6 is 0 Å². The maximum atomic E-state index is 2.46. The van der Waals surface area contributed by atoms with E-state index in [4.69, 9.17) is 0 Å². The van der Waals surface area contributed by atoms with Crippen molar-refractivity contribution >= 4 is 38.4 Å². The minimum atomic E-state index is -0.297. The summed E-state index contributed by atoms with van der Waals surface area (Å²) in [5.74, 6) is 0.